The predicted octanol–water partition coefficient (Wildman–Crippen LogP) is 3.17. The van der Waals surface area contributed by atoms with E-state index in [1.54, 1.807) is 23.0 Å². The minimum Gasteiger partial charge on any atom is -0.458 e. The van der Waals surface area contributed by atoms with E-state index in [4.69, 9.17) is 4.42 Å². The van der Waals surface area contributed by atoms with Crippen LogP contribution in [-0.4, -0.2) is 15.7 Å². The average molecular weight is 339 g/mol. The predicted molar refractivity (Wildman–Crippen MR) is 90.1 cm³/mol. The molecule has 1 aliphatic rings. The number of amides is 1. The summed E-state index contributed by atoms with van der Waals surface area (Å²) in [5.41, 5.74) is 1.22. The van der Waals surface area contributed by atoms with Crippen molar-refractivity contribution in [3.05, 3.63) is 65.8 Å². The molecule has 1 aromatic carbocycles. The Morgan fingerprint density at radius 3 is 2.64 bits per heavy atom. The minimum atomic E-state index is -0.523. The lowest BCUT2D eigenvalue weighted by atomic mass is 9.95. The highest BCUT2D eigenvalue weighted by Crippen LogP contribution is 2.48. The monoisotopic (exact) mass is 339 g/mol. The van der Waals surface area contributed by atoms with Gasteiger partial charge in [-0.1, -0.05) is 12.1 Å². The fourth-order valence-corrected chi connectivity index (χ4v) is 3.10. The summed E-state index contributed by atoms with van der Waals surface area (Å²) in [6.45, 7) is 0.319. The number of rotatable bonds is 5. The number of benzene rings is 1. The number of aryl methyl sites for hydroxylation is 1. The van der Waals surface area contributed by atoms with Crippen molar-refractivity contribution in [2.45, 2.75) is 24.8 Å². The number of halogens is 1. The zero-order valence-corrected chi connectivity index (χ0v) is 13.8. The molecule has 128 valence electrons. The Balaban J connectivity index is 1.43. The number of hydrogen-bond donors (Lipinski definition) is 1. The number of nitrogens with zero attached hydrogens (tertiary/aromatic N) is 2. The lowest BCUT2D eigenvalue weighted by Crippen LogP contribution is -2.34. The summed E-state index contributed by atoms with van der Waals surface area (Å²) in [5, 5.41) is 7.06. The fourth-order valence-electron chi connectivity index (χ4n) is 3.10. The number of aromatic nitrogens is 2. The van der Waals surface area contributed by atoms with Crippen LogP contribution in [0.1, 0.15) is 24.2 Å². The van der Waals surface area contributed by atoms with Crippen molar-refractivity contribution in [1.82, 2.24) is 15.1 Å². The van der Waals surface area contributed by atoms with Crippen LogP contribution in [0.4, 0.5) is 4.39 Å². The Bertz CT molecular complexity index is 907. The molecular formula is C19H18FN3O2. The highest BCUT2D eigenvalue weighted by Gasteiger charge is 2.51. The van der Waals surface area contributed by atoms with E-state index in [9.17, 15) is 9.18 Å². The SMILES string of the molecule is Cn1nccc1-c1ccc(CNC(=O)C2(c3ccc(F)cc3)CC2)o1. The highest BCUT2D eigenvalue weighted by atomic mass is 19.1. The molecular weight excluding hydrogens is 321 g/mol. The normalized spacial score (nSPS) is 15.1. The van der Waals surface area contributed by atoms with Crippen LogP contribution in [0.15, 0.2) is 53.1 Å². The van der Waals surface area contributed by atoms with Gasteiger partial charge in [-0.15, -0.1) is 0 Å². The van der Waals surface area contributed by atoms with Gasteiger partial charge in [-0.05, 0) is 48.7 Å². The Morgan fingerprint density at radius 2 is 2.00 bits per heavy atom. The summed E-state index contributed by atoms with van der Waals surface area (Å²) >= 11 is 0. The van der Waals surface area contributed by atoms with Crippen molar-refractivity contribution in [3.8, 4) is 11.5 Å². The largest absolute Gasteiger partial charge is 0.458 e. The van der Waals surface area contributed by atoms with Crippen LogP contribution in [-0.2, 0) is 23.8 Å². The maximum atomic E-state index is 13.1. The summed E-state index contributed by atoms with van der Waals surface area (Å²) < 4.78 is 20.6. The minimum absolute atomic E-state index is 0.0439. The molecule has 1 aliphatic carbocycles. The third-order valence-electron chi connectivity index (χ3n) is 4.74. The van der Waals surface area contributed by atoms with Crippen molar-refractivity contribution in [2.75, 3.05) is 0 Å². The fraction of sp³-hybridized carbons (Fsp3) is 0.263. The first-order valence-electron chi connectivity index (χ1n) is 8.20. The lowest BCUT2D eigenvalue weighted by molar-refractivity contribution is -0.123. The summed E-state index contributed by atoms with van der Waals surface area (Å²) in [4.78, 5) is 12.6. The highest BCUT2D eigenvalue weighted by molar-refractivity contribution is 5.91. The second-order valence-corrected chi connectivity index (χ2v) is 6.38. The van der Waals surface area contributed by atoms with Gasteiger partial charge in [0, 0.05) is 13.2 Å². The molecule has 4 rings (SSSR count). The van der Waals surface area contributed by atoms with Crippen LogP contribution < -0.4 is 5.32 Å². The van der Waals surface area contributed by atoms with Gasteiger partial charge in [0.2, 0.25) is 5.91 Å². The van der Waals surface area contributed by atoms with Gasteiger partial charge < -0.3 is 9.73 Å². The van der Waals surface area contributed by atoms with Crippen molar-refractivity contribution in [3.63, 3.8) is 0 Å². The van der Waals surface area contributed by atoms with Gasteiger partial charge in [-0.3, -0.25) is 9.48 Å². The molecule has 2 aromatic heterocycles. The van der Waals surface area contributed by atoms with Crippen LogP contribution in [0.25, 0.3) is 11.5 Å². The van der Waals surface area contributed by atoms with Crippen molar-refractivity contribution in [2.24, 2.45) is 7.05 Å². The quantitative estimate of drug-likeness (QED) is 0.777. The van der Waals surface area contributed by atoms with Crippen molar-refractivity contribution >= 4 is 5.91 Å². The zero-order chi connectivity index (χ0) is 17.4. The Morgan fingerprint density at radius 1 is 1.24 bits per heavy atom. The molecule has 0 aliphatic heterocycles. The molecule has 1 N–H and O–H groups in total. The second-order valence-electron chi connectivity index (χ2n) is 6.38. The van der Waals surface area contributed by atoms with Gasteiger partial charge in [-0.2, -0.15) is 5.10 Å². The molecule has 0 atom stereocenters. The molecule has 25 heavy (non-hydrogen) atoms. The van der Waals surface area contributed by atoms with E-state index in [2.05, 4.69) is 10.4 Å². The average Bonchev–Trinajstić information content (AvgIpc) is 3.10. The molecule has 3 aromatic rings. The van der Waals surface area contributed by atoms with Crippen LogP contribution >= 0.6 is 0 Å². The molecule has 1 amide bonds. The van der Waals surface area contributed by atoms with Crippen LogP contribution in [0.5, 0.6) is 0 Å². The van der Waals surface area contributed by atoms with Gasteiger partial charge in [0.1, 0.15) is 17.3 Å². The smallest absolute Gasteiger partial charge is 0.231 e. The summed E-state index contributed by atoms with van der Waals surface area (Å²) in [6, 6.07) is 11.8. The molecule has 0 unspecified atom stereocenters. The maximum Gasteiger partial charge on any atom is 0.231 e. The van der Waals surface area contributed by atoms with E-state index in [1.807, 2.05) is 25.2 Å². The van der Waals surface area contributed by atoms with E-state index in [1.165, 1.54) is 12.1 Å². The first kappa shape index (κ1) is 15.6. The van der Waals surface area contributed by atoms with Gasteiger partial charge in [0.15, 0.2) is 5.76 Å². The number of furan rings is 1. The topological polar surface area (TPSA) is 60.1 Å². The molecule has 5 nitrogen and oxygen atoms in total. The third kappa shape index (κ3) is 2.84. The molecule has 0 radical (unpaired) electrons. The van der Waals surface area contributed by atoms with E-state index in [0.29, 0.717) is 18.1 Å². The second kappa shape index (κ2) is 5.88. The first-order chi connectivity index (χ1) is 12.1. The first-order valence-corrected chi connectivity index (χ1v) is 8.20. The summed E-state index contributed by atoms with van der Waals surface area (Å²) in [7, 11) is 1.85. The van der Waals surface area contributed by atoms with Crippen LogP contribution in [0, 0.1) is 5.82 Å². The standard InChI is InChI=1S/C19H18FN3O2/c1-23-16(8-11-22-23)17-7-6-15(25-17)12-21-18(24)19(9-10-19)13-2-4-14(20)5-3-13/h2-8,11H,9-10,12H2,1H3,(H,21,24). The summed E-state index contributed by atoms with van der Waals surface area (Å²) in [6.07, 6.45) is 3.27. The lowest BCUT2D eigenvalue weighted by Gasteiger charge is -2.15. The molecule has 1 saturated carbocycles. The molecule has 0 bridgehead atoms. The van der Waals surface area contributed by atoms with Crippen LogP contribution in [0.3, 0.4) is 0 Å². The van der Waals surface area contributed by atoms with E-state index < -0.39 is 5.41 Å². The van der Waals surface area contributed by atoms with E-state index >= 15 is 0 Å². The molecule has 2 heterocycles. The van der Waals surface area contributed by atoms with Gasteiger partial charge in [0.25, 0.3) is 0 Å². The van der Waals surface area contributed by atoms with E-state index in [-0.39, 0.29) is 11.7 Å². The van der Waals surface area contributed by atoms with Gasteiger partial charge >= 0.3 is 0 Å². The Hall–Kier alpha value is -2.89. The molecule has 0 spiro atoms. The molecule has 1 fully saturated rings. The van der Waals surface area contributed by atoms with Crippen molar-refractivity contribution in [1.29, 1.82) is 0 Å². The zero-order valence-electron chi connectivity index (χ0n) is 13.8. The van der Waals surface area contributed by atoms with E-state index in [0.717, 1.165) is 24.1 Å². The third-order valence-corrected chi connectivity index (χ3v) is 4.74. The molecule has 6 heteroatoms. The summed E-state index contributed by atoms with van der Waals surface area (Å²) in [5.74, 6) is 1.05. The van der Waals surface area contributed by atoms with Gasteiger partial charge in [0.05, 0.1) is 12.0 Å². The van der Waals surface area contributed by atoms with Crippen molar-refractivity contribution < 1.29 is 13.6 Å². The number of carbonyl (C=O) groups is 1. The van der Waals surface area contributed by atoms with Crippen LogP contribution in [0.2, 0.25) is 0 Å². The molecule has 0 saturated heterocycles. The Kier molecular flexibility index (Phi) is 3.67. The number of carbonyl (C=O) groups excluding carboxylic acids is 1. The number of nitrogens with one attached hydrogen (secondary N) is 1. The Labute approximate surface area is 144 Å². The van der Waals surface area contributed by atoms with Gasteiger partial charge in [-0.25, -0.2) is 4.39 Å². The number of hydrogen-bond acceptors (Lipinski definition) is 3. The maximum absolute atomic E-state index is 13.1.